The maximum Gasteiger partial charge on any atom is 0.343 e. The van der Waals surface area contributed by atoms with E-state index in [4.69, 9.17) is 4.74 Å². The van der Waals surface area contributed by atoms with E-state index in [1.54, 1.807) is 42.9 Å². The second-order valence-electron chi connectivity index (χ2n) is 15.0. The lowest BCUT2D eigenvalue weighted by atomic mass is 9.89. The molecule has 17 heteroatoms. The summed E-state index contributed by atoms with van der Waals surface area (Å²) in [6.45, 7) is 6.78. The van der Waals surface area contributed by atoms with Crippen molar-refractivity contribution in [3.05, 3.63) is 58.5 Å². The molecule has 3 aromatic rings. The van der Waals surface area contributed by atoms with Crippen LogP contribution in [0.15, 0.2) is 30.6 Å². The van der Waals surface area contributed by atoms with Crippen LogP contribution < -0.4 is 16.0 Å². The highest BCUT2D eigenvalue weighted by atomic mass is 16.5. The van der Waals surface area contributed by atoms with Crippen LogP contribution in [0.25, 0.3) is 0 Å². The molecule has 0 spiro atoms. The third-order valence-electron chi connectivity index (χ3n) is 11.1. The van der Waals surface area contributed by atoms with Crippen molar-refractivity contribution in [3.63, 3.8) is 0 Å². The number of aromatic nitrogens is 4. The number of hydrogen-bond acceptors (Lipinski definition) is 13. The van der Waals surface area contributed by atoms with Crippen LogP contribution in [0.3, 0.4) is 0 Å². The van der Waals surface area contributed by atoms with Gasteiger partial charge < -0.3 is 20.3 Å². The molecule has 1 saturated carbocycles. The number of piperazine rings is 1. The van der Waals surface area contributed by atoms with Gasteiger partial charge >= 0.3 is 5.97 Å². The monoisotopic (exact) mass is 792 g/mol. The Morgan fingerprint density at radius 1 is 0.983 bits per heavy atom. The molecule has 304 valence electrons. The summed E-state index contributed by atoms with van der Waals surface area (Å²) < 4.78 is 7.02. The minimum Gasteiger partial charge on any atom is -0.462 e. The summed E-state index contributed by atoms with van der Waals surface area (Å²) in [5.74, 6) is 4.39. The van der Waals surface area contributed by atoms with Crippen LogP contribution in [0.4, 0.5) is 17.5 Å². The van der Waals surface area contributed by atoms with Crippen LogP contribution in [0.5, 0.6) is 0 Å². The Labute approximate surface area is 336 Å². The minimum absolute atomic E-state index is 0.0587. The number of unbranched alkanes of at least 4 members (excludes halogenated alkanes) is 1. The lowest BCUT2D eigenvalue weighted by Gasteiger charge is -2.42. The van der Waals surface area contributed by atoms with Crippen LogP contribution in [0.1, 0.15) is 107 Å². The molecule has 3 N–H and O–H groups in total. The number of hydrogen-bond donors (Lipinski definition) is 3. The van der Waals surface area contributed by atoms with Crippen molar-refractivity contribution in [2.75, 3.05) is 43.4 Å². The zero-order valence-electron chi connectivity index (χ0n) is 33.0. The topological polar surface area (TPSA) is 201 Å². The molecule has 4 aliphatic rings. The number of imide groups is 2. The number of amides is 5. The Kier molecular flexibility index (Phi) is 12.1. The molecule has 5 amide bonds. The Morgan fingerprint density at radius 2 is 1.74 bits per heavy atom. The van der Waals surface area contributed by atoms with Crippen molar-refractivity contribution in [1.29, 1.82) is 0 Å². The summed E-state index contributed by atoms with van der Waals surface area (Å²) in [6, 6.07) is 4.29. The lowest BCUT2D eigenvalue weighted by molar-refractivity contribution is -0.136. The normalized spacial score (nSPS) is 20.9. The van der Waals surface area contributed by atoms with E-state index in [0.29, 0.717) is 67.0 Å². The van der Waals surface area contributed by atoms with Gasteiger partial charge in [0.25, 0.3) is 11.8 Å². The fourth-order valence-electron chi connectivity index (χ4n) is 8.11. The van der Waals surface area contributed by atoms with Gasteiger partial charge in [-0.15, -0.1) is 0 Å². The number of aryl methyl sites for hydroxylation is 2. The van der Waals surface area contributed by atoms with E-state index < -0.39 is 35.6 Å². The molecule has 1 unspecified atom stereocenters. The SMILES string of the molecule is CCOC(=O)c1c(C)nc(Nc2cnn(C)c2)nc1NC1CCC(N2CCN(C(=O)CCCC#Cc3ccc4c(c3)C(=O)N(C3CCC(=O)NC3=O)C4=O)CC2)CC1. The van der Waals surface area contributed by atoms with Gasteiger partial charge in [0.1, 0.15) is 17.4 Å². The molecule has 3 fully saturated rings. The van der Waals surface area contributed by atoms with Crippen LogP contribution in [0.2, 0.25) is 0 Å². The molecule has 0 bridgehead atoms. The number of carbonyl (C=O) groups excluding carboxylic acids is 6. The van der Waals surface area contributed by atoms with Gasteiger partial charge in [0.05, 0.1) is 35.3 Å². The molecule has 7 rings (SSSR count). The van der Waals surface area contributed by atoms with Crippen molar-refractivity contribution in [1.82, 2.24) is 39.8 Å². The highest BCUT2D eigenvalue weighted by molar-refractivity contribution is 6.23. The van der Waals surface area contributed by atoms with Crippen molar-refractivity contribution in [2.24, 2.45) is 7.05 Å². The second-order valence-corrected chi connectivity index (χ2v) is 15.0. The Hall–Kier alpha value is -6.15. The smallest absolute Gasteiger partial charge is 0.343 e. The molecule has 58 heavy (non-hydrogen) atoms. The average molecular weight is 793 g/mol. The van der Waals surface area contributed by atoms with Gasteiger partial charge in [0.15, 0.2) is 0 Å². The zero-order valence-corrected chi connectivity index (χ0v) is 33.0. The van der Waals surface area contributed by atoms with Crippen LogP contribution >= 0.6 is 0 Å². The van der Waals surface area contributed by atoms with Gasteiger partial charge in [0, 0.05) is 76.3 Å². The van der Waals surface area contributed by atoms with Gasteiger partial charge in [-0.3, -0.25) is 43.8 Å². The van der Waals surface area contributed by atoms with E-state index in [1.165, 1.54) is 0 Å². The molecular formula is C41H48N10O7. The first kappa shape index (κ1) is 40.1. The van der Waals surface area contributed by atoms with Crippen molar-refractivity contribution in [3.8, 4) is 11.8 Å². The quantitative estimate of drug-likeness (QED) is 0.111. The highest BCUT2D eigenvalue weighted by Gasteiger charge is 2.44. The fourth-order valence-corrected chi connectivity index (χ4v) is 8.11. The molecule has 5 heterocycles. The molecule has 2 saturated heterocycles. The minimum atomic E-state index is -1.02. The number of anilines is 3. The highest BCUT2D eigenvalue weighted by Crippen LogP contribution is 2.30. The molecular weight excluding hydrogens is 745 g/mol. The molecule has 17 nitrogen and oxygen atoms in total. The third kappa shape index (κ3) is 8.86. The average Bonchev–Trinajstić information content (AvgIpc) is 3.72. The van der Waals surface area contributed by atoms with E-state index >= 15 is 0 Å². The number of esters is 1. The molecule has 2 aromatic heterocycles. The Bertz CT molecular complexity index is 2180. The number of nitrogens with zero attached hydrogens (tertiary/aromatic N) is 7. The number of piperidine rings is 1. The molecule has 0 radical (unpaired) electrons. The Balaban J connectivity index is 0.848. The van der Waals surface area contributed by atoms with E-state index in [9.17, 15) is 28.8 Å². The maximum atomic E-state index is 13.1. The van der Waals surface area contributed by atoms with Crippen LogP contribution in [-0.4, -0.2) is 121 Å². The van der Waals surface area contributed by atoms with Crippen molar-refractivity contribution < 1.29 is 33.5 Å². The predicted octanol–water partition coefficient (Wildman–Crippen LogP) is 2.93. The van der Waals surface area contributed by atoms with Crippen LogP contribution in [0, 0.1) is 18.8 Å². The van der Waals surface area contributed by atoms with Gasteiger partial charge in [-0.05, 0) is 70.6 Å². The Morgan fingerprint density at radius 3 is 2.45 bits per heavy atom. The molecule has 3 aliphatic heterocycles. The standard InChI is InChI=1S/C41H48N10O7/c1-4-58-40(57)35-25(2)43-41(45-28-23-42-48(3)24-28)47-36(35)44-27-11-13-29(14-12-27)49-18-20-50(21-19-49)34(53)9-7-5-6-8-26-10-15-30-31(22-26)39(56)51(38(30)55)32-16-17-33(52)46-37(32)54/h10,15,22-24,27,29,32H,4-5,7,9,11-14,16-21H2,1-3H3,(H,46,52,54)(H2,43,44,45,47). The van der Waals surface area contributed by atoms with Crippen molar-refractivity contribution in [2.45, 2.75) is 89.8 Å². The summed E-state index contributed by atoms with van der Waals surface area (Å²) in [5, 5.41) is 13.1. The molecule has 1 aromatic carbocycles. The van der Waals surface area contributed by atoms with Gasteiger partial charge in [-0.25, -0.2) is 9.78 Å². The largest absolute Gasteiger partial charge is 0.462 e. The first-order valence-corrected chi connectivity index (χ1v) is 19.9. The van der Waals surface area contributed by atoms with Gasteiger partial charge in [-0.2, -0.15) is 10.1 Å². The van der Waals surface area contributed by atoms with Gasteiger partial charge in [-0.1, -0.05) is 11.8 Å². The van der Waals surface area contributed by atoms with Gasteiger partial charge in [0.2, 0.25) is 23.7 Å². The number of fused-ring (bicyclic) bond motifs is 1. The second kappa shape index (κ2) is 17.6. The fraction of sp³-hybridized carbons (Fsp3) is 0.488. The predicted molar refractivity (Wildman–Crippen MR) is 211 cm³/mol. The third-order valence-corrected chi connectivity index (χ3v) is 11.1. The first-order valence-electron chi connectivity index (χ1n) is 19.9. The van der Waals surface area contributed by atoms with Crippen molar-refractivity contribution >= 4 is 53.0 Å². The summed E-state index contributed by atoms with van der Waals surface area (Å²) in [4.78, 5) is 90.5. The summed E-state index contributed by atoms with van der Waals surface area (Å²) >= 11 is 0. The number of nitrogens with one attached hydrogen (secondary N) is 3. The first-order chi connectivity index (χ1) is 28.0. The number of ether oxygens (including phenoxy) is 1. The van der Waals surface area contributed by atoms with E-state index in [1.807, 2.05) is 18.1 Å². The number of rotatable bonds is 11. The number of benzene rings is 1. The summed E-state index contributed by atoms with van der Waals surface area (Å²) in [7, 11) is 1.83. The van der Waals surface area contributed by atoms with Crippen LogP contribution in [-0.2, 0) is 26.2 Å². The lowest BCUT2D eigenvalue weighted by Crippen LogP contribution is -2.54. The summed E-state index contributed by atoms with van der Waals surface area (Å²) in [5.41, 5.74) is 2.55. The van der Waals surface area contributed by atoms with E-state index in [2.05, 4.69) is 47.8 Å². The molecule has 1 aliphatic carbocycles. The number of carbonyl (C=O) groups is 6. The van der Waals surface area contributed by atoms with E-state index in [-0.39, 0.29) is 42.5 Å². The molecule has 1 atom stereocenters. The maximum absolute atomic E-state index is 13.1. The zero-order chi connectivity index (χ0) is 40.9. The van der Waals surface area contributed by atoms with E-state index in [0.717, 1.165) is 49.4 Å². The summed E-state index contributed by atoms with van der Waals surface area (Å²) in [6.07, 6.45) is 8.91.